The fraction of sp³-hybridized carbons (Fsp3) is 0.333. The van der Waals surface area contributed by atoms with Gasteiger partial charge in [-0.15, -0.1) is 0 Å². The van der Waals surface area contributed by atoms with Crippen molar-refractivity contribution in [1.82, 2.24) is 3.97 Å². The molecule has 0 amide bonds. The molecular formula is C21H20F4N2O3S. The van der Waals surface area contributed by atoms with Gasteiger partial charge in [-0.05, 0) is 61.7 Å². The van der Waals surface area contributed by atoms with Crippen LogP contribution in [-0.4, -0.2) is 38.3 Å². The number of fused-ring (bicyclic) bond motifs is 1. The van der Waals surface area contributed by atoms with Crippen molar-refractivity contribution in [3.8, 4) is 5.75 Å². The van der Waals surface area contributed by atoms with Gasteiger partial charge in [-0.1, -0.05) is 0 Å². The molecule has 1 aliphatic heterocycles. The van der Waals surface area contributed by atoms with Gasteiger partial charge in [0.2, 0.25) is 0 Å². The number of aromatic nitrogens is 1. The monoisotopic (exact) mass is 456 g/mol. The molecule has 1 saturated heterocycles. The largest absolute Gasteiger partial charge is 0.482 e. The zero-order valence-electron chi connectivity index (χ0n) is 16.4. The number of benzene rings is 2. The zero-order valence-corrected chi connectivity index (χ0v) is 17.2. The van der Waals surface area contributed by atoms with Crippen molar-refractivity contribution in [3.05, 3.63) is 54.5 Å². The van der Waals surface area contributed by atoms with Gasteiger partial charge in [0.25, 0.3) is 10.0 Å². The molecule has 0 bridgehead atoms. The van der Waals surface area contributed by atoms with Gasteiger partial charge in [0.05, 0.1) is 16.1 Å². The lowest BCUT2D eigenvalue weighted by molar-refractivity contribution is -0.153. The first-order valence-corrected chi connectivity index (χ1v) is 11.2. The average Bonchev–Trinajstić information content (AvgIpc) is 3.16. The number of ether oxygens (including phenoxy) is 1. The van der Waals surface area contributed by atoms with Crippen LogP contribution >= 0.6 is 0 Å². The molecule has 4 rings (SSSR count). The SMILES string of the molecule is O=S(=O)(c1ccc(OCC(F)(F)F)c(N2CCCCC2)c1)n1ccc2ccc(F)cc21. The van der Waals surface area contributed by atoms with Gasteiger partial charge in [0, 0.05) is 24.7 Å². The van der Waals surface area contributed by atoms with E-state index < -0.39 is 28.6 Å². The van der Waals surface area contributed by atoms with E-state index in [1.54, 1.807) is 6.07 Å². The third-order valence-electron chi connectivity index (χ3n) is 5.19. The molecule has 0 unspecified atom stereocenters. The van der Waals surface area contributed by atoms with E-state index >= 15 is 0 Å². The quantitative estimate of drug-likeness (QED) is 0.510. The molecule has 5 nitrogen and oxygen atoms in total. The van der Waals surface area contributed by atoms with Crippen LogP contribution in [0.1, 0.15) is 19.3 Å². The summed E-state index contributed by atoms with van der Waals surface area (Å²) in [4.78, 5) is 1.72. The van der Waals surface area contributed by atoms with Gasteiger partial charge in [-0.2, -0.15) is 13.2 Å². The molecule has 2 heterocycles. The molecule has 31 heavy (non-hydrogen) atoms. The fourth-order valence-corrected chi connectivity index (χ4v) is 5.09. The summed E-state index contributed by atoms with van der Waals surface area (Å²) in [5.41, 5.74) is 0.476. The first-order valence-electron chi connectivity index (χ1n) is 9.76. The number of alkyl halides is 3. The van der Waals surface area contributed by atoms with E-state index in [1.165, 1.54) is 36.5 Å². The molecule has 166 valence electrons. The third-order valence-corrected chi connectivity index (χ3v) is 6.88. The van der Waals surface area contributed by atoms with Gasteiger partial charge in [-0.3, -0.25) is 0 Å². The highest BCUT2D eigenvalue weighted by Gasteiger charge is 2.30. The maximum Gasteiger partial charge on any atom is 0.422 e. The minimum Gasteiger partial charge on any atom is -0.482 e. The summed E-state index contributed by atoms with van der Waals surface area (Å²) >= 11 is 0. The van der Waals surface area contributed by atoms with Gasteiger partial charge in [0.15, 0.2) is 6.61 Å². The highest BCUT2D eigenvalue weighted by atomic mass is 32.2. The third kappa shape index (κ3) is 4.48. The fourth-order valence-electron chi connectivity index (χ4n) is 3.72. The maximum absolute atomic E-state index is 13.7. The lowest BCUT2D eigenvalue weighted by Gasteiger charge is -2.30. The predicted octanol–water partition coefficient (Wildman–Crippen LogP) is 4.95. The first-order chi connectivity index (χ1) is 14.6. The first kappa shape index (κ1) is 21.5. The van der Waals surface area contributed by atoms with Crippen molar-refractivity contribution in [1.29, 1.82) is 0 Å². The molecule has 0 N–H and O–H groups in total. The van der Waals surface area contributed by atoms with Crippen LogP contribution in [0.5, 0.6) is 5.75 Å². The lowest BCUT2D eigenvalue weighted by Crippen LogP contribution is -2.30. The van der Waals surface area contributed by atoms with Crippen LogP contribution in [0.15, 0.2) is 53.6 Å². The van der Waals surface area contributed by atoms with E-state index in [0.29, 0.717) is 24.2 Å². The number of anilines is 1. The Bertz CT molecular complexity index is 1200. The molecule has 1 aromatic heterocycles. The summed E-state index contributed by atoms with van der Waals surface area (Å²) in [6.45, 7) is -0.297. The number of hydrogen-bond acceptors (Lipinski definition) is 4. The Labute approximate surface area is 176 Å². The molecule has 1 fully saturated rings. The molecule has 2 aromatic carbocycles. The molecular weight excluding hydrogens is 436 g/mol. The van der Waals surface area contributed by atoms with E-state index in [4.69, 9.17) is 4.74 Å². The van der Waals surface area contributed by atoms with Crippen LogP contribution in [-0.2, 0) is 10.0 Å². The zero-order chi connectivity index (χ0) is 22.2. The summed E-state index contributed by atoms with van der Waals surface area (Å²) < 4.78 is 84.3. The van der Waals surface area contributed by atoms with Crippen molar-refractivity contribution in [2.24, 2.45) is 0 Å². The Balaban J connectivity index is 1.77. The van der Waals surface area contributed by atoms with E-state index in [-0.39, 0.29) is 16.2 Å². The summed E-state index contributed by atoms with van der Waals surface area (Å²) in [5.74, 6) is -0.603. The Morgan fingerprint density at radius 3 is 2.42 bits per heavy atom. The topological polar surface area (TPSA) is 51.5 Å². The predicted molar refractivity (Wildman–Crippen MR) is 109 cm³/mol. The maximum atomic E-state index is 13.7. The van der Waals surface area contributed by atoms with Crippen molar-refractivity contribution in [3.63, 3.8) is 0 Å². The highest BCUT2D eigenvalue weighted by Crippen LogP contribution is 2.35. The molecule has 1 aliphatic rings. The van der Waals surface area contributed by atoms with Crippen LogP contribution in [0.25, 0.3) is 10.9 Å². The van der Waals surface area contributed by atoms with E-state index in [0.717, 1.165) is 29.3 Å². The van der Waals surface area contributed by atoms with Gasteiger partial charge in [-0.25, -0.2) is 16.8 Å². The molecule has 0 atom stereocenters. The Kier molecular flexibility index (Phi) is 5.59. The molecule has 0 spiro atoms. The van der Waals surface area contributed by atoms with E-state index in [2.05, 4.69) is 0 Å². The van der Waals surface area contributed by atoms with Gasteiger partial charge >= 0.3 is 6.18 Å². The average molecular weight is 456 g/mol. The minimum atomic E-state index is -4.52. The minimum absolute atomic E-state index is 0.0263. The lowest BCUT2D eigenvalue weighted by atomic mass is 10.1. The molecule has 3 aromatic rings. The summed E-state index contributed by atoms with van der Waals surface area (Å²) in [6.07, 6.45) is -0.505. The normalized spacial score (nSPS) is 15.4. The smallest absolute Gasteiger partial charge is 0.422 e. The second-order valence-electron chi connectivity index (χ2n) is 7.40. The second-order valence-corrected chi connectivity index (χ2v) is 9.22. The second kappa shape index (κ2) is 8.07. The van der Waals surface area contributed by atoms with Crippen molar-refractivity contribution >= 4 is 26.6 Å². The van der Waals surface area contributed by atoms with E-state index in [1.807, 2.05) is 4.90 Å². The number of nitrogens with zero attached hydrogens (tertiary/aromatic N) is 2. The van der Waals surface area contributed by atoms with Gasteiger partial charge < -0.3 is 9.64 Å². The number of piperidine rings is 1. The van der Waals surface area contributed by atoms with Crippen LogP contribution in [0.4, 0.5) is 23.2 Å². The molecule has 10 heteroatoms. The number of halogens is 4. The molecule has 0 saturated carbocycles. The van der Waals surface area contributed by atoms with Crippen LogP contribution in [0.3, 0.4) is 0 Å². The van der Waals surface area contributed by atoms with Crippen LogP contribution < -0.4 is 9.64 Å². The molecule has 0 aliphatic carbocycles. The Morgan fingerprint density at radius 2 is 1.71 bits per heavy atom. The van der Waals surface area contributed by atoms with Crippen molar-refractivity contribution < 1.29 is 30.7 Å². The summed E-state index contributed by atoms with van der Waals surface area (Å²) in [6, 6.07) is 9.17. The Morgan fingerprint density at radius 1 is 0.968 bits per heavy atom. The number of rotatable bonds is 5. The number of hydrogen-bond donors (Lipinski definition) is 0. The molecule has 0 radical (unpaired) electrons. The van der Waals surface area contributed by atoms with Crippen LogP contribution in [0, 0.1) is 5.82 Å². The highest BCUT2D eigenvalue weighted by molar-refractivity contribution is 7.90. The van der Waals surface area contributed by atoms with Gasteiger partial charge in [0.1, 0.15) is 11.6 Å². The standard InChI is InChI=1S/C21H20F4N2O3S/c22-16-5-4-15-8-11-27(18(15)12-16)31(28,29)17-6-7-20(30-14-21(23,24)25)19(13-17)26-9-2-1-3-10-26/h4-8,11-13H,1-3,9-10,14H2. The van der Waals surface area contributed by atoms with Crippen molar-refractivity contribution in [2.45, 2.75) is 30.3 Å². The van der Waals surface area contributed by atoms with Crippen molar-refractivity contribution in [2.75, 3.05) is 24.6 Å². The summed E-state index contributed by atoms with van der Waals surface area (Å²) in [7, 11) is -4.11. The van der Waals surface area contributed by atoms with E-state index in [9.17, 15) is 26.0 Å². The van der Waals surface area contributed by atoms with Crippen LogP contribution in [0.2, 0.25) is 0 Å². The Hall–Kier alpha value is -2.75. The summed E-state index contributed by atoms with van der Waals surface area (Å²) in [5, 5.41) is 0.548.